The zero-order chi connectivity index (χ0) is 32.5. The number of rotatable bonds is 7. The number of benzene rings is 3. The number of alkyl halides is 3. The second-order valence-electron chi connectivity index (χ2n) is 9.49. The number of allylic oxidation sites excluding steroid dienone is 1. The second-order valence-corrected chi connectivity index (χ2v) is 13.3. The van der Waals surface area contributed by atoms with Gasteiger partial charge in [-0.3, -0.25) is 9.36 Å². The van der Waals surface area contributed by atoms with E-state index in [-0.39, 0.29) is 28.1 Å². The topological polar surface area (TPSA) is 93.7 Å². The van der Waals surface area contributed by atoms with Gasteiger partial charge in [-0.25, -0.2) is 9.79 Å². The number of fused-ring (bicyclic) bond motifs is 1. The van der Waals surface area contributed by atoms with E-state index in [1.54, 1.807) is 36.4 Å². The molecule has 4 aromatic rings. The number of halogens is 6. The van der Waals surface area contributed by atoms with Gasteiger partial charge in [0.25, 0.3) is 5.56 Å². The number of hydrogen-bond acceptors (Lipinski definition) is 7. The summed E-state index contributed by atoms with van der Waals surface area (Å²) in [6, 6.07) is 17.2. The molecule has 0 bridgehead atoms. The summed E-state index contributed by atoms with van der Waals surface area (Å²) in [6.07, 6.45) is -3.44. The molecular weight excluding hydrogens is 857 g/mol. The molecule has 1 atom stereocenters. The first-order chi connectivity index (χ1) is 21.4. The first kappa shape index (κ1) is 33.2. The van der Waals surface area contributed by atoms with Crippen molar-refractivity contribution in [2.45, 2.75) is 25.7 Å². The highest BCUT2D eigenvalue weighted by Crippen LogP contribution is 2.38. The number of thiazole rings is 1. The van der Waals surface area contributed by atoms with Crippen molar-refractivity contribution in [3.05, 3.63) is 126 Å². The fourth-order valence-corrected chi connectivity index (χ4v) is 7.91. The molecule has 0 N–H and O–H groups in total. The van der Waals surface area contributed by atoms with E-state index in [0.29, 0.717) is 21.9 Å². The average Bonchev–Trinajstić information content (AvgIpc) is 3.30. The monoisotopic (exact) mass is 875 g/mol. The quantitative estimate of drug-likeness (QED) is 0.153. The van der Waals surface area contributed by atoms with Gasteiger partial charge < -0.3 is 9.47 Å². The Labute approximate surface area is 290 Å². The van der Waals surface area contributed by atoms with Crippen LogP contribution in [-0.2, 0) is 16.1 Å². The van der Waals surface area contributed by atoms with E-state index < -0.39 is 35.0 Å². The summed E-state index contributed by atoms with van der Waals surface area (Å²) < 4.78 is 56.7. The molecule has 2 heterocycles. The van der Waals surface area contributed by atoms with Crippen molar-refractivity contribution < 1.29 is 27.4 Å². The van der Waals surface area contributed by atoms with Crippen LogP contribution in [0.3, 0.4) is 0 Å². The predicted octanol–water partition coefficient (Wildman–Crippen LogP) is 6.65. The maximum atomic E-state index is 14.3. The highest BCUT2D eigenvalue weighted by Gasteiger charge is 2.45. The number of aromatic nitrogens is 1. The molecule has 0 unspecified atom stereocenters. The van der Waals surface area contributed by atoms with E-state index in [0.717, 1.165) is 28.6 Å². The highest BCUT2D eigenvalue weighted by atomic mass is 127. The number of carbonyl (C=O) groups is 1. The van der Waals surface area contributed by atoms with Crippen LogP contribution in [0.2, 0.25) is 5.02 Å². The first-order valence-electron chi connectivity index (χ1n) is 13.1. The molecular formula is C31H19ClF3I2N3O4S. The van der Waals surface area contributed by atoms with Crippen LogP contribution in [-0.4, -0.2) is 23.3 Å². The zero-order valence-electron chi connectivity index (χ0n) is 23.0. The van der Waals surface area contributed by atoms with Gasteiger partial charge in [-0.05, 0) is 99.6 Å². The molecule has 0 aliphatic carbocycles. The molecule has 0 spiro atoms. The van der Waals surface area contributed by atoms with E-state index in [9.17, 15) is 28.0 Å². The Balaban J connectivity index is 1.62. The van der Waals surface area contributed by atoms with Crippen LogP contribution in [0.1, 0.15) is 35.2 Å². The van der Waals surface area contributed by atoms with Crippen LogP contribution in [0.15, 0.2) is 81.7 Å². The molecule has 0 saturated carbocycles. The van der Waals surface area contributed by atoms with Gasteiger partial charge in [0.2, 0.25) is 0 Å². The van der Waals surface area contributed by atoms with Gasteiger partial charge in [-0.15, -0.1) is 0 Å². The normalized spacial score (nSPS) is 14.9. The lowest BCUT2D eigenvalue weighted by Crippen LogP contribution is -2.41. The van der Waals surface area contributed by atoms with Gasteiger partial charge in [0.15, 0.2) is 10.5 Å². The Kier molecular flexibility index (Phi) is 10.1. The lowest BCUT2D eigenvalue weighted by molar-refractivity contribution is -0.140. The van der Waals surface area contributed by atoms with Gasteiger partial charge in [0.1, 0.15) is 12.4 Å². The standard InChI is InChI=1S/C31H19ClF3I2N3O4S/c1-2-43-29(42)24-25(17-7-9-20(32)10-8-17)40-28(41)23(45-30(40)39-27(24)31(33,34)35)13-16-11-21(36)26(22(37)12-16)44-15-19-6-4-3-5-18(19)14-38/h3-13,25H,2,15H2,1H3/b23-13-/t25-/m0/s1. The molecule has 7 nitrogen and oxygen atoms in total. The molecule has 1 aromatic heterocycles. The van der Waals surface area contributed by atoms with Crippen LogP contribution < -0.4 is 19.6 Å². The SMILES string of the molecule is CCOC(=O)C1=C(C(F)(F)F)N=c2s/c(=C\c3cc(I)c(OCc4ccccc4C#N)c(I)c3)c(=O)n2[C@H]1c1ccc(Cl)cc1. The number of nitriles is 1. The maximum Gasteiger partial charge on any atom is 0.434 e. The van der Waals surface area contributed by atoms with Gasteiger partial charge in [-0.2, -0.15) is 18.4 Å². The van der Waals surface area contributed by atoms with Crippen LogP contribution in [0.4, 0.5) is 13.2 Å². The van der Waals surface area contributed by atoms with E-state index in [1.165, 1.54) is 31.2 Å². The van der Waals surface area contributed by atoms with E-state index in [1.807, 2.05) is 6.07 Å². The predicted molar refractivity (Wildman–Crippen MR) is 180 cm³/mol. The molecule has 0 radical (unpaired) electrons. The first-order valence-corrected chi connectivity index (χ1v) is 16.4. The Morgan fingerprint density at radius 3 is 2.44 bits per heavy atom. The van der Waals surface area contributed by atoms with Crippen molar-refractivity contribution >= 4 is 80.2 Å². The molecule has 3 aromatic carbocycles. The largest absolute Gasteiger partial charge is 0.487 e. The number of ether oxygens (including phenoxy) is 2. The summed E-state index contributed by atoms with van der Waals surface area (Å²) in [5.74, 6) is -0.640. The summed E-state index contributed by atoms with van der Waals surface area (Å²) in [6.45, 7) is 1.47. The third kappa shape index (κ3) is 6.98. The van der Waals surface area contributed by atoms with Gasteiger partial charge in [0, 0.05) is 10.6 Å². The second kappa shape index (κ2) is 13.7. The van der Waals surface area contributed by atoms with Gasteiger partial charge in [0.05, 0.1) is 41.5 Å². The van der Waals surface area contributed by atoms with E-state index >= 15 is 0 Å². The van der Waals surface area contributed by atoms with Gasteiger partial charge in [-0.1, -0.05) is 53.3 Å². The van der Waals surface area contributed by atoms with E-state index in [2.05, 4.69) is 56.2 Å². The smallest absolute Gasteiger partial charge is 0.434 e. The fourth-order valence-electron chi connectivity index (χ4n) is 4.66. The average molecular weight is 876 g/mol. The van der Waals surface area contributed by atoms with Crippen molar-refractivity contribution in [2.75, 3.05) is 6.61 Å². The Morgan fingerprint density at radius 2 is 1.82 bits per heavy atom. The van der Waals surface area contributed by atoms with Crippen molar-refractivity contribution in [3.63, 3.8) is 0 Å². The molecule has 230 valence electrons. The molecule has 0 fully saturated rings. The summed E-state index contributed by atoms with van der Waals surface area (Å²) in [4.78, 5) is 30.4. The molecule has 45 heavy (non-hydrogen) atoms. The van der Waals surface area contributed by atoms with Crippen molar-refractivity contribution in [1.29, 1.82) is 5.26 Å². The Morgan fingerprint density at radius 1 is 1.16 bits per heavy atom. The van der Waals surface area contributed by atoms with Crippen LogP contribution >= 0.6 is 68.1 Å². The number of esters is 1. The fraction of sp³-hybridized carbons (Fsp3) is 0.161. The van der Waals surface area contributed by atoms with Crippen LogP contribution in [0, 0.1) is 18.5 Å². The molecule has 14 heteroatoms. The summed E-state index contributed by atoms with van der Waals surface area (Å²) in [5, 5.41) is 9.69. The third-order valence-electron chi connectivity index (χ3n) is 6.61. The third-order valence-corrected chi connectivity index (χ3v) is 9.45. The van der Waals surface area contributed by atoms with Crippen molar-refractivity contribution in [3.8, 4) is 11.8 Å². The van der Waals surface area contributed by atoms with Crippen molar-refractivity contribution in [2.24, 2.45) is 4.99 Å². The number of hydrogen-bond donors (Lipinski definition) is 0. The molecule has 1 aliphatic heterocycles. The number of nitrogens with zero attached hydrogens (tertiary/aromatic N) is 3. The van der Waals surface area contributed by atoms with Crippen LogP contribution in [0.5, 0.6) is 5.75 Å². The molecule has 0 amide bonds. The minimum atomic E-state index is -5.00. The minimum absolute atomic E-state index is 0.113. The minimum Gasteiger partial charge on any atom is -0.487 e. The summed E-state index contributed by atoms with van der Waals surface area (Å²) >= 11 is 11.0. The lowest BCUT2D eigenvalue weighted by atomic mass is 9.95. The summed E-state index contributed by atoms with van der Waals surface area (Å²) in [5.41, 5.74) is -0.761. The molecule has 5 rings (SSSR count). The lowest BCUT2D eigenvalue weighted by Gasteiger charge is -2.26. The summed E-state index contributed by atoms with van der Waals surface area (Å²) in [7, 11) is 0. The number of carbonyl (C=O) groups excluding carboxylic acids is 1. The van der Waals surface area contributed by atoms with Crippen LogP contribution in [0.25, 0.3) is 6.08 Å². The van der Waals surface area contributed by atoms with Gasteiger partial charge >= 0.3 is 12.1 Å². The molecule has 1 aliphatic rings. The highest BCUT2D eigenvalue weighted by molar-refractivity contribution is 14.1. The van der Waals surface area contributed by atoms with E-state index in [4.69, 9.17) is 21.1 Å². The maximum absolute atomic E-state index is 14.3. The van der Waals surface area contributed by atoms with Crippen molar-refractivity contribution in [1.82, 2.24) is 4.57 Å². The molecule has 0 saturated heterocycles. The zero-order valence-corrected chi connectivity index (χ0v) is 28.9. The Hall–Kier alpha value is -3.20. The Bertz CT molecular complexity index is 2050.